The number of pyridine rings is 2. The van der Waals surface area contributed by atoms with Gasteiger partial charge in [0.15, 0.2) is 0 Å². The van der Waals surface area contributed by atoms with E-state index in [9.17, 15) is 0 Å². The maximum absolute atomic E-state index is 6.18. The van der Waals surface area contributed by atoms with E-state index in [0.717, 1.165) is 38.1 Å². The third kappa shape index (κ3) is 2.57. The average Bonchev–Trinajstić information content (AvgIpc) is 3.31. The van der Waals surface area contributed by atoms with Crippen LogP contribution >= 0.6 is 11.3 Å². The fraction of sp³-hybridized carbons (Fsp3) is 0.0769. The van der Waals surface area contributed by atoms with Crippen molar-refractivity contribution in [3.05, 3.63) is 84.1 Å². The summed E-state index contributed by atoms with van der Waals surface area (Å²) in [6.07, 6.45) is 0. The Kier molecular flexibility index (Phi) is 3.77. The first-order valence-corrected chi connectivity index (χ1v) is 10.8. The molecule has 2 aromatic carbocycles. The third-order valence-corrected chi connectivity index (χ3v) is 6.87. The van der Waals surface area contributed by atoms with Crippen molar-refractivity contribution in [3.63, 3.8) is 0 Å². The molecule has 0 amide bonds. The van der Waals surface area contributed by atoms with Crippen LogP contribution in [0.3, 0.4) is 0 Å². The van der Waals surface area contributed by atoms with Crippen LogP contribution in [0.25, 0.3) is 54.0 Å². The molecule has 0 fully saturated rings. The molecule has 0 saturated heterocycles. The highest BCUT2D eigenvalue weighted by atomic mass is 32.1. The summed E-state index contributed by atoms with van der Waals surface area (Å²) >= 11 is 1.74. The quantitative estimate of drug-likeness (QED) is 0.298. The summed E-state index contributed by atoms with van der Waals surface area (Å²) in [4.78, 5) is 11.9. The molecule has 30 heavy (non-hydrogen) atoms. The van der Waals surface area contributed by atoms with Gasteiger partial charge in [-0.25, -0.2) is 9.97 Å². The van der Waals surface area contributed by atoms with Gasteiger partial charge in [-0.1, -0.05) is 42.5 Å². The van der Waals surface area contributed by atoms with Gasteiger partial charge in [-0.2, -0.15) is 0 Å². The van der Waals surface area contributed by atoms with Crippen molar-refractivity contribution < 1.29 is 4.42 Å². The number of para-hydroxylation sites is 1. The monoisotopic (exact) mass is 406 g/mol. The van der Waals surface area contributed by atoms with Gasteiger partial charge in [-0.3, -0.25) is 0 Å². The zero-order valence-corrected chi connectivity index (χ0v) is 17.5. The smallest absolute Gasteiger partial charge is 0.227 e. The summed E-state index contributed by atoms with van der Waals surface area (Å²) < 4.78 is 6.18. The molecule has 0 spiro atoms. The Morgan fingerprint density at radius 3 is 2.43 bits per heavy atom. The van der Waals surface area contributed by atoms with Crippen molar-refractivity contribution in [1.29, 1.82) is 0 Å². The van der Waals surface area contributed by atoms with Crippen LogP contribution in [0, 0.1) is 13.8 Å². The van der Waals surface area contributed by atoms with E-state index >= 15 is 0 Å². The van der Waals surface area contributed by atoms with Crippen molar-refractivity contribution in [3.8, 4) is 21.7 Å². The standard InChI is InChI=1S/C26H18N2OS/c1-15-11-12-20-19-9-6-10-21(23(19)29-25(20)27-15)22-14-13-18-16(2)24(30-26(18)28-22)17-7-4-3-5-8-17/h3-14H,1-2H3. The van der Waals surface area contributed by atoms with E-state index in [2.05, 4.69) is 72.6 Å². The molecular formula is C26H18N2OS. The molecule has 0 atom stereocenters. The number of hydrogen-bond donors (Lipinski definition) is 0. The van der Waals surface area contributed by atoms with Gasteiger partial charge in [0.25, 0.3) is 0 Å². The predicted molar refractivity (Wildman–Crippen MR) is 125 cm³/mol. The lowest BCUT2D eigenvalue weighted by atomic mass is 10.1. The van der Waals surface area contributed by atoms with Gasteiger partial charge in [0.2, 0.25) is 5.71 Å². The maximum Gasteiger partial charge on any atom is 0.227 e. The van der Waals surface area contributed by atoms with Gasteiger partial charge < -0.3 is 4.42 Å². The van der Waals surface area contributed by atoms with Crippen LogP contribution < -0.4 is 0 Å². The minimum Gasteiger partial charge on any atom is -0.437 e. The van der Waals surface area contributed by atoms with Gasteiger partial charge in [0, 0.05) is 32.3 Å². The predicted octanol–water partition coefficient (Wildman–Crippen LogP) is 7.54. The molecule has 3 nitrogen and oxygen atoms in total. The summed E-state index contributed by atoms with van der Waals surface area (Å²) in [7, 11) is 0. The molecule has 4 heterocycles. The Bertz CT molecular complexity index is 1560. The second-order valence-electron chi connectivity index (χ2n) is 7.56. The number of aromatic nitrogens is 2. The summed E-state index contributed by atoms with van der Waals surface area (Å²) in [5.41, 5.74) is 6.90. The number of thiophene rings is 1. The average molecular weight is 407 g/mol. The molecule has 0 unspecified atom stereocenters. The molecule has 4 heteroatoms. The fourth-order valence-electron chi connectivity index (χ4n) is 4.09. The first kappa shape index (κ1) is 17.4. The van der Waals surface area contributed by atoms with Crippen LogP contribution in [0.1, 0.15) is 11.3 Å². The van der Waals surface area contributed by atoms with Gasteiger partial charge >= 0.3 is 0 Å². The van der Waals surface area contributed by atoms with E-state index in [0.29, 0.717) is 5.71 Å². The number of fused-ring (bicyclic) bond motifs is 4. The minimum atomic E-state index is 0.678. The second kappa shape index (κ2) is 6.51. The Balaban J connectivity index is 1.56. The van der Waals surface area contributed by atoms with Crippen molar-refractivity contribution >= 4 is 43.6 Å². The molecule has 0 radical (unpaired) electrons. The molecule has 0 bridgehead atoms. The number of benzene rings is 2. The van der Waals surface area contributed by atoms with Crippen molar-refractivity contribution in [2.75, 3.05) is 0 Å². The fourth-order valence-corrected chi connectivity index (χ4v) is 5.27. The van der Waals surface area contributed by atoms with Gasteiger partial charge in [-0.15, -0.1) is 11.3 Å². The molecule has 0 saturated carbocycles. The van der Waals surface area contributed by atoms with Gasteiger partial charge in [0.05, 0.1) is 5.69 Å². The lowest BCUT2D eigenvalue weighted by Gasteiger charge is -2.02. The third-order valence-electron chi connectivity index (χ3n) is 5.62. The lowest BCUT2D eigenvalue weighted by Crippen LogP contribution is -1.84. The first-order chi connectivity index (χ1) is 14.7. The van der Waals surface area contributed by atoms with E-state index < -0.39 is 0 Å². The largest absolute Gasteiger partial charge is 0.437 e. The topological polar surface area (TPSA) is 38.9 Å². The van der Waals surface area contributed by atoms with Crippen LogP contribution in [0.15, 0.2) is 77.2 Å². The zero-order valence-electron chi connectivity index (χ0n) is 16.6. The van der Waals surface area contributed by atoms with Crippen LogP contribution in [-0.2, 0) is 0 Å². The Morgan fingerprint density at radius 1 is 0.733 bits per heavy atom. The molecule has 6 rings (SSSR count). The summed E-state index contributed by atoms with van der Waals surface area (Å²) in [6, 6.07) is 25.1. The van der Waals surface area contributed by atoms with Crippen LogP contribution in [-0.4, -0.2) is 9.97 Å². The van der Waals surface area contributed by atoms with Crippen LogP contribution in [0.4, 0.5) is 0 Å². The van der Waals surface area contributed by atoms with Crippen molar-refractivity contribution in [2.24, 2.45) is 0 Å². The minimum absolute atomic E-state index is 0.678. The lowest BCUT2D eigenvalue weighted by molar-refractivity contribution is 0.653. The molecule has 0 aliphatic heterocycles. The molecule has 4 aromatic heterocycles. The summed E-state index contributed by atoms with van der Waals surface area (Å²) in [6.45, 7) is 4.16. The molecular weight excluding hydrogens is 388 g/mol. The molecule has 0 aliphatic rings. The van der Waals surface area contributed by atoms with E-state index in [1.54, 1.807) is 11.3 Å². The Hall–Kier alpha value is -3.50. The number of furan rings is 1. The number of nitrogens with zero attached hydrogens (tertiary/aromatic N) is 2. The highest BCUT2D eigenvalue weighted by Gasteiger charge is 2.16. The van der Waals surface area contributed by atoms with Crippen LogP contribution in [0.5, 0.6) is 0 Å². The molecule has 144 valence electrons. The number of rotatable bonds is 2. The highest BCUT2D eigenvalue weighted by Crippen LogP contribution is 2.40. The zero-order chi connectivity index (χ0) is 20.2. The van der Waals surface area contributed by atoms with E-state index in [4.69, 9.17) is 9.40 Å². The number of hydrogen-bond acceptors (Lipinski definition) is 4. The van der Waals surface area contributed by atoms with Gasteiger partial charge in [-0.05, 0) is 55.3 Å². The molecule has 0 N–H and O–H groups in total. The van der Waals surface area contributed by atoms with E-state index in [1.807, 2.05) is 19.1 Å². The second-order valence-corrected chi connectivity index (χ2v) is 8.56. The van der Waals surface area contributed by atoms with Crippen molar-refractivity contribution in [1.82, 2.24) is 9.97 Å². The van der Waals surface area contributed by atoms with E-state index in [1.165, 1.54) is 21.4 Å². The SMILES string of the molecule is Cc1ccc2c(n1)oc1c(-c3ccc4c(C)c(-c5ccccc5)sc4n3)cccc12. The molecule has 6 aromatic rings. The highest BCUT2D eigenvalue weighted by molar-refractivity contribution is 7.22. The Labute approximate surface area is 177 Å². The maximum atomic E-state index is 6.18. The Morgan fingerprint density at radius 2 is 1.57 bits per heavy atom. The van der Waals surface area contributed by atoms with Gasteiger partial charge in [0.1, 0.15) is 10.4 Å². The first-order valence-electron chi connectivity index (χ1n) is 9.94. The van der Waals surface area contributed by atoms with Crippen molar-refractivity contribution in [2.45, 2.75) is 13.8 Å². The number of aryl methyl sites for hydroxylation is 2. The summed E-state index contributed by atoms with van der Waals surface area (Å²) in [5, 5.41) is 3.32. The summed E-state index contributed by atoms with van der Waals surface area (Å²) in [5.74, 6) is 0. The normalized spacial score (nSPS) is 11.7. The molecule has 0 aliphatic carbocycles. The van der Waals surface area contributed by atoms with Crippen LogP contribution in [0.2, 0.25) is 0 Å². The van der Waals surface area contributed by atoms with E-state index in [-0.39, 0.29) is 0 Å².